The summed E-state index contributed by atoms with van der Waals surface area (Å²) in [5.74, 6) is 2.45. The average Bonchev–Trinajstić information content (AvgIpc) is 3.00. The van der Waals surface area contributed by atoms with Crippen LogP contribution in [-0.4, -0.2) is 31.6 Å². The first-order valence-electron chi connectivity index (χ1n) is 7.67. The Balaban J connectivity index is 1.93. The molecule has 5 nitrogen and oxygen atoms in total. The molecule has 0 saturated heterocycles. The number of methoxy groups -OCH3 is 2. The summed E-state index contributed by atoms with van der Waals surface area (Å²) in [6.45, 7) is 4.52. The molecule has 0 N–H and O–H groups in total. The Hall–Kier alpha value is -2.43. The van der Waals surface area contributed by atoms with Crippen molar-refractivity contribution < 1.29 is 18.7 Å². The lowest BCUT2D eigenvalue weighted by Crippen LogP contribution is -2.38. The second-order valence-electron chi connectivity index (χ2n) is 5.74. The highest BCUT2D eigenvalue weighted by molar-refractivity contribution is 5.92. The minimum atomic E-state index is -0.0777. The molecule has 5 heteroatoms. The Bertz CT molecular complexity index is 735. The maximum Gasteiger partial charge on any atom is 0.290 e. The van der Waals surface area contributed by atoms with E-state index in [1.165, 1.54) is 5.56 Å². The van der Waals surface area contributed by atoms with E-state index in [9.17, 15) is 4.79 Å². The van der Waals surface area contributed by atoms with Gasteiger partial charge in [0, 0.05) is 6.54 Å². The molecular formula is C18H21NO4. The van der Waals surface area contributed by atoms with Gasteiger partial charge in [-0.05, 0) is 55.7 Å². The van der Waals surface area contributed by atoms with Crippen LogP contribution in [0.25, 0.3) is 0 Å². The van der Waals surface area contributed by atoms with Gasteiger partial charge in [0.05, 0.1) is 20.3 Å². The third kappa shape index (κ3) is 2.67. The molecule has 2 heterocycles. The van der Waals surface area contributed by atoms with E-state index >= 15 is 0 Å². The molecule has 2 aromatic rings. The Morgan fingerprint density at radius 3 is 2.52 bits per heavy atom. The molecule has 122 valence electrons. The van der Waals surface area contributed by atoms with Gasteiger partial charge in [-0.15, -0.1) is 0 Å². The molecule has 0 unspecified atom stereocenters. The van der Waals surface area contributed by atoms with Gasteiger partial charge in [0.1, 0.15) is 5.76 Å². The van der Waals surface area contributed by atoms with E-state index in [0.717, 1.165) is 23.5 Å². The van der Waals surface area contributed by atoms with E-state index in [2.05, 4.69) is 0 Å². The second-order valence-corrected chi connectivity index (χ2v) is 5.74. The van der Waals surface area contributed by atoms with Crippen LogP contribution < -0.4 is 9.47 Å². The van der Waals surface area contributed by atoms with E-state index in [1.54, 1.807) is 20.3 Å². The molecule has 0 spiro atoms. The lowest BCUT2D eigenvalue weighted by atomic mass is 9.92. The summed E-state index contributed by atoms with van der Waals surface area (Å²) in [5.41, 5.74) is 2.28. The zero-order chi connectivity index (χ0) is 16.6. The van der Waals surface area contributed by atoms with Crippen molar-refractivity contribution in [1.82, 2.24) is 4.90 Å². The first kappa shape index (κ1) is 15.5. The number of carbonyl (C=O) groups is 1. The first-order chi connectivity index (χ1) is 11.0. The standard InChI is InChI=1S/C18H21NO4/c1-11-5-6-15(23-11)18(20)19-8-7-13-9-16(21-3)17(22-4)10-14(13)12(19)2/h5-6,9-10,12H,7-8H2,1-4H3/t12-/m0/s1. The molecule has 0 bridgehead atoms. The van der Waals surface area contributed by atoms with Gasteiger partial charge in [0.25, 0.3) is 5.91 Å². The molecule has 0 radical (unpaired) electrons. The van der Waals surface area contributed by atoms with Gasteiger partial charge in [0.2, 0.25) is 0 Å². The molecule has 1 aromatic carbocycles. The van der Waals surface area contributed by atoms with Gasteiger partial charge < -0.3 is 18.8 Å². The molecule has 3 rings (SSSR count). The number of hydrogen-bond donors (Lipinski definition) is 0. The van der Waals surface area contributed by atoms with Crippen molar-refractivity contribution in [3.05, 3.63) is 46.9 Å². The fourth-order valence-corrected chi connectivity index (χ4v) is 3.11. The minimum absolute atomic E-state index is 0.0449. The molecule has 0 saturated carbocycles. The van der Waals surface area contributed by atoms with Gasteiger partial charge in [0.15, 0.2) is 17.3 Å². The predicted octanol–water partition coefficient (Wildman–Crippen LogP) is 3.36. The van der Waals surface area contributed by atoms with Gasteiger partial charge in [-0.2, -0.15) is 0 Å². The van der Waals surface area contributed by atoms with Crippen molar-refractivity contribution in [3.63, 3.8) is 0 Å². The first-order valence-corrected chi connectivity index (χ1v) is 7.67. The number of fused-ring (bicyclic) bond motifs is 1. The largest absolute Gasteiger partial charge is 0.493 e. The number of hydrogen-bond acceptors (Lipinski definition) is 4. The Kier molecular flexibility index (Phi) is 4.03. The number of ether oxygens (including phenoxy) is 2. The SMILES string of the molecule is COc1cc2c(cc1OC)[C@H](C)N(C(=O)c1ccc(C)o1)CC2. The zero-order valence-corrected chi connectivity index (χ0v) is 13.9. The summed E-state index contributed by atoms with van der Waals surface area (Å²) in [4.78, 5) is 14.5. The van der Waals surface area contributed by atoms with Crippen molar-refractivity contribution in [3.8, 4) is 11.5 Å². The molecule has 0 fully saturated rings. The number of carbonyl (C=O) groups excluding carboxylic acids is 1. The highest BCUT2D eigenvalue weighted by Crippen LogP contribution is 2.38. The van der Waals surface area contributed by atoms with Crippen molar-refractivity contribution in [2.75, 3.05) is 20.8 Å². The smallest absolute Gasteiger partial charge is 0.290 e. The van der Waals surface area contributed by atoms with Crippen molar-refractivity contribution in [2.24, 2.45) is 0 Å². The van der Waals surface area contributed by atoms with Crippen LogP contribution in [0.4, 0.5) is 0 Å². The van der Waals surface area contributed by atoms with E-state index in [1.807, 2.05) is 36.9 Å². The van der Waals surface area contributed by atoms with Crippen molar-refractivity contribution in [2.45, 2.75) is 26.3 Å². The lowest BCUT2D eigenvalue weighted by Gasteiger charge is -2.35. The summed E-state index contributed by atoms with van der Waals surface area (Å²) in [6.07, 6.45) is 0.783. The summed E-state index contributed by atoms with van der Waals surface area (Å²) in [7, 11) is 3.25. The minimum Gasteiger partial charge on any atom is -0.493 e. The van der Waals surface area contributed by atoms with Crippen LogP contribution in [0.1, 0.15) is 40.4 Å². The normalized spacial score (nSPS) is 16.9. The molecular weight excluding hydrogens is 294 g/mol. The lowest BCUT2D eigenvalue weighted by molar-refractivity contribution is 0.0643. The third-order valence-electron chi connectivity index (χ3n) is 4.40. The van der Waals surface area contributed by atoms with Gasteiger partial charge >= 0.3 is 0 Å². The molecule has 0 aliphatic carbocycles. The van der Waals surface area contributed by atoms with E-state index in [-0.39, 0.29) is 11.9 Å². The monoisotopic (exact) mass is 315 g/mol. The number of benzene rings is 1. The van der Waals surface area contributed by atoms with E-state index in [4.69, 9.17) is 13.9 Å². The van der Waals surface area contributed by atoms with Crippen LogP contribution in [0.15, 0.2) is 28.7 Å². The maximum absolute atomic E-state index is 12.7. The van der Waals surface area contributed by atoms with Crippen LogP contribution in [-0.2, 0) is 6.42 Å². The van der Waals surface area contributed by atoms with Crippen molar-refractivity contribution >= 4 is 5.91 Å². The summed E-state index contributed by atoms with van der Waals surface area (Å²) in [6, 6.07) is 7.46. The summed E-state index contributed by atoms with van der Waals surface area (Å²) in [5, 5.41) is 0. The van der Waals surface area contributed by atoms with Crippen LogP contribution >= 0.6 is 0 Å². The maximum atomic E-state index is 12.7. The zero-order valence-electron chi connectivity index (χ0n) is 13.9. The number of aryl methyl sites for hydroxylation is 1. The van der Waals surface area contributed by atoms with Crippen molar-refractivity contribution in [1.29, 1.82) is 0 Å². The van der Waals surface area contributed by atoms with E-state index < -0.39 is 0 Å². The van der Waals surface area contributed by atoms with Gasteiger partial charge in [-0.25, -0.2) is 0 Å². The number of nitrogens with zero attached hydrogens (tertiary/aromatic N) is 1. The molecule has 1 amide bonds. The highest BCUT2D eigenvalue weighted by atomic mass is 16.5. The fraction of sp³-hybridized carbons (Fsp3) is 0.389. The molecule has 1 aliphatic rings. The van der Waals surface area contributed by atoms with Gasteiger partial charge in [-0.3, -0.25) is 4.79 Å². The number of amides is 1. The second kappa shape index (κ2) is 5.99. The van der Waals surface area contributed by atoms with E-state index in [0.29, 0.717) is 18.1 Å². The molecule has 1 atom stereocenters. The fourth-order valence-electron chi connectivity index (χ4n) is 3.11. The summed E-state index contributed by atoms with van der Waals surface area (Å²) < 4.78 is 16.2. The van der Waals surface area contributed by atoms with Crippen LogP contribution in [0.5, 0.6) is 11.5 Å². The van der Waals surface area contributed by atoms with Crippen LogP contribution in [0.3, 0.4) is 0 Å². The predicted molar refractivity (Wildman–Crippen MR) is 86.1 cm³/mol. The average molecular weight is 315 g/mol. The number of furan rings is 1. The van der Waals surface area contributed by atoms with Gasteiger partial charge in [-0.1, -0.05) is 0 Å². The third-order valence-corrected chi connectivity index (χ3v) is 4.40. The highest BCUT2D eigenvalue weighted by Gasteiger charge is 2.30. The Labute approximate surface area is 135 Å². The Morgan fingerprint density at radius 1 is 1.22 bits per heavy atom. The number of rotatable bonds is 3. The Morgan fingerprint density at radius 2 is 1.91 bits per heavy atom. The molecule has 1 aliphatic heterocycles. The molecule has 1 aromatic heterocycles. The topological polar surface area (TPSA) is 51.9 Å². The van der Waals surface area contributed by atoms with Crippen LogP contribution in [0.2, 0.25) is 0 Å². The quantitative estimate of drug-likeness (QED) is 0.871. The molecule has 23 heavy (non-hydrogen) atoms. The summed E-state index contributed by atoms with van der Waals surface area (Å²) >= 11 is 0. The van der Waals surface area contributed by atoms with Crippen LogP contribution in [0, 0.1) is 6.92 Å².